The van der Waals surface area contributed by atoms with Crippen LogP contribution in [0.2, 0.25) is 0 Å². The van der Waals surface area contributed by atoms with Crippen molar-refractivity contribution >= 4 is 22.8 Å². The minimum Gasteiger partial charge on any atom is -0.381 e. The fourth-order valence-corrected chi connectivity index (χ4v) is 5.41. The summed E-state index contributed by atoms with van der Waals surface area (Å²) in [6.45, 7) is 0. The van der Waals surface area contributed by atoms with Gasteiger partial charge in [0.15, 0.2) is 5.17 Å². The number of methoxy groups -OCH3 is 1. The molecule has 0 bridgehead atoms. The van der Waals surface area contributed by atoms with E-state index in [0.717, 1.165) is 18.6 Å². The van der Waals surface area contributed by atoms with Gasteiger partial charge in [-0.25, -0.2) is 4.39 Å². The van der Waals surface area contributed by atoms with E-state index in [-0.39, 0.29) is 23.7 Å². The highest BCUT2D eigenvalue weighted by molar-refractivity contribution is 8.13. The number of nitrogens with one attached hydrogen (secondary N) is 1. The molecule has 28 heavy (non-hydrogen) atoms. The molecule has 1 aliphatic heterocycles. The van der Waals surface area contributed by atoms with Gasteiger partial charge in [0.05, 0.1) is 11.6 Å². The van der Waals surface area contributed by atoms with Crippen molar-refractivity contribution in [3.8, 4) is 0 Å². The Morgan fingerprint density at radius 1 is 1.18 bits per heavy atom. The number of rotatable bonds is 3. The molecule has 3 atom stereocenters. The molecule has 2 aromatic carbocycles. The van der Waals surface area contributed by atoms with Gasteiger partial charge in [-0.15, -0.1) is 0 Å². The van der Waals surface area contributed by atoms with Crippen molar-refractivity contribution in [2.75, 3.05) is 12.9 Å². The smallest absolute Gasteiger partial charge is 0.257 e. The zero-order chi connectivity index (χ0) is 19.6. The summed E-state index contributed by atoms with van der Waals surface area (Å²) in [6, 6.07) is 15.9. The molecule has 0 radical (unpaired) electrons. The Labute approximate surface area is 168 Å². The molecule has 4 nitrogen and oxygen atoms in total. The first kappa shape index (κ1) is 19.2. The lowest BCUT2D eigenvalue weighted by molar-refractivity contribution is 0.0192. The number of fused-ring (bicyclic) bond motifs is 1. The van der Waals surface area contributed by atoms with Gasteiger partial charge in [0.1, 0.15) is 5.82 Å². The molecule has 4 rings (SSSR count). The summed E-state index contributed by atoms with van der Waals surface area (Å²) in [7, 11) is 1.69. The molecule has 1 amide bonds. The summed E-state index contributed by atoms with van der Waals surface area (Å²) >= 11 is 1.53. The summed E-state index contributed by atoms with van der Waals surface area (Å²) < 4.78 is 20.4. The van der Waals surface area contributed by atoms with E-state index in [1.807, 2.05) is 30.3 Å². The second kappa shape index (κ2) is 8.05. The quantitative estimate of drug-likeness (QED) is 0.835. The molecular weight excluding hydrogens is 375 g/mol. The lowest BCUT2D eigenvalue weighted by Crippen LogP contribution is -2.48. The van der Waals surface area contributed by atoms with Crippen LogP contribution in [0.15, 0.2) is 59.6 Å². The van der Waals surface area contributed by atoms with Crippen LogP contribution >= 0.6 is 11.8 Å². The molecule has 1 heterocycles. The molecule has 146 valence electrons. The van der Waals surface area contributed by atoms with Gasteiger partial charge in [0.25, 0.3) is 5.91 Å². The molecular formula is C22H23FN2O2S. The van der Waals surface area contributed by atoms with Crippen molar-refractivity contribution < 1.29 is 13.9 Å². The number of amides is 1. The number of benzene rings is 2. The molecule has 0 aromatic heterocycles. The van der Waals surface area contributed by atoms with Crippen LogP contribution in [0.1, 0.15) is 35.2 Å². The molecule has 6 heteroatoms. The van der Waals surface area contributed by atoms with Crippen LogP contribution in [0.25, 0.3) is 0 Å². The van der Waals surface area contributed by atoms with Crippen molar-refractivity contribution in [3.63, 3.8) is 0 Å². The van der Waals surface area contributed by atoms with Gasteiger partial charge in [0.2, 0.25) is 0 Å². The van der Waals surface area contributed by atoms with Gasteiger partial charge in [-0.1, -0.05) is 48.2 Å². The maximum Gasteiger partial charge on any atom is 0.257 e. The Hall–Kier alpha value is -2.18. The number of aliphatic imine (C=N–C) groups is 1. The van der Waals surface area contributed by atoms with E-state index < -0.39 is 5.54 Å². The summed E-state index contributed by atoms with van der Waals surface area (Å²) in [6.07, 6.45) is 2.50. The van der Waals surface area contributed by atoms with Gasteiger partial charge in [-0.05, 0) is 37.0 Å². The third-order valence-corrected chi connectivity index (χ3v) is 6.74. The number of hydrogen-bond donors (Lipinski definition) is 1. The highest BCUT2D eigenvalue weighted by atomic mass is 32.2. The number of nitrogens with zero attached hydrogens (tertiary/aromatic N) is 1. The van der Waals surface area contributed by atoms with Gasteiger partial charge < -0.3 is 10.1 Å². The number of thioether (sulfide) groups is 1. The zero-order valence-corrected chi connectivity index (χ0v) is 16.5. The third-order valence-electron chi connectivity index (χ3n) is 5.70. The first-order valence-electron chi connectivity index (χ1n) is 9.49. The maximum atomic E-state index is 14.8. The molecule has 0 saturated heterocycles. The molecule has 2 aromatic rings. The van der Waals surface area contributed by atoms with E-state index in [2.05, 4.69) is 5.32 Å². The summed E-state index contributed by atoms with van der Waals surface area (Å²) in [5.41, 5.74) is 0.453. The lowest BCUT2D eigenvalue weighted by atomic mass is 9.68. The number of carbonyl (C=O) groups excluding carboxylic acids is 1. The van der Waals surface area contributed by atoms with Gasteiger partial charge in [0, 0.05) is 30.4 Å². The molecule has 1 saturated carbocycles. The van der Waals surface area contributed by atoms with Crippen LogP contribution in [0.3, 0.4) is 0 Å². The minimum absolute atomic E-state index is 0.0220. The van der Waals surface area contributed by atoms with Crippen molar-refractivity contribution in [2.24, 2.45) is 10.9 Å². The fourth-order valence-electron chi connectivity index (χ4n) is 4.22. The summed E-state index contributed by atoms with van der Waals surface area (Å²) in [5.74, 6) is 0.540. The highest BCUT2D eigenvalue weighted by Crippen LogP contribution is 2.50. The van der Waals surface area contributed by atoms with Crippen LogP contribution in [0, 0.1) is 11.7 Å². The molecule has 0 spiro atoms. The van der Waals surface area contributed by atoms with E-state index >= 15 is 0 Å². The molecule has 2 aliphatic rings. The molecule has 3 unspecified atom stereocenters. The second-order valence-corrected chi connectivity index (χ2v) is 8.30. The van der Waals surface area contributed by atoms with Gasteiger partial charge >= 0.3 is 0 Å². The summed E-state index contributed by atoms with van der Waals surface area (Å²) in [5, 5.41) is 3.47. The fraction of sp³-hybridized carbons (Fsp3) is 0.364. The van der Waals surface area contributed by atoms with E-state index in [9.17, 15) is 9.18 Å². The minimum atomic E-state index is -0.713. The largest absolute Gasteiger partial charge is 0.381 e. The normalized spacial score (nSPS) is 26.9. The predicted molar refractivity (Wildman–Crippen MR) is 110 cm³/mol. The van der Waals surface area contributed by atoms with E-state index in [1.54, 1.807) is 25.3 Å². The molecule has 1 fully saturated rings. The number of carbonyl (C=O) groups is 1. The van der Waals surface area contributed by atoms with Gasteiger partial charge in [-0.2, -0.15) is 0 Å². The molecule has 1 aliphatic carbocycles. The third kappa shape index (κ3) is 3.59. The van der Waals surface area contributed by atoms with Crippen LogP contribution in [-0.2, 0) is 10.3 Å². The lowest BCUT2D eigenvalue weighted by Gasteiger charge is -2.46. The summed E-state index contributed by atoms with van der Waals surface area (Å²) in [4.78, 5) is 17.6. The van der Waals surface area contributed by atoms with E-state index in [4.69, 9.17) is 9.73 Å². The number of hydrogen-bond acceptors (Lipinski definition) is 4. The topological polar surface area (TPSA) is 50.7 Å². The van der Waals surface area contributed by atoms with Crippen LogP contribution in [0.5, 0.6) is 0 Å². The number of halogens is 1. The molecule has 1 N–H and O–H groups in total. The Bertz CT molecular complexity index is 889. The second-order valence-electron chi connectivity index (χ2n) is 7.29. The Morgan fingerprint density at radius 3 is 2.68 bits per heavy atom. The van der Waals surface area contributed by atoms with Crippen molar-refractivity contribution in [1.29, 1.82) is 0 Å². The first-order valence-corrected chi connectivity index (χ1v) is 10.5. The van der Waals surface area contributed by atoms with E-state index in [0.29, 0.717) is 22.7 Å². The standard InChI is InChI=1S/C22H23FN2O2S/c1-27-17-12-11-16-14-28-21(24-20(26)15-7-3-2-4-8-15)25-22(16,13-17)18-9-5-6-10-19(18)23/h2-10,16-17H,11-14H2,1H3,(H,24,25,26). The Kier molecular flexibility index (Phi) is 5.51. The number of amidine groups is 1. The van der Waals surface area contributed by atoms with Crippen LogP contribution < -0.4 is 5.32 Å². The van der Waals surface area contributed by atoms with Gasteiger partial charge in [-0.3, -0.25) is 9.79 Å². The Balaban J connectivity index is 1.71. The van der Waals surface area contributed by atoms with Crippen LogP contribution in [0.4, 0.5) is 4.39 Å². The van der Waals surface area contributed by atoms with Crippen molar-refractivity contribution in [2.45, 2.75) is 30.9 Å². The van der Waals surface area contributed by atoms with Crippen molar-refractivity contribution in [3.05, 3.63) is 71.5 Å². The zero-order valence-electron chi connectivity index (χ0n) is 15.7. The van der Waals surface area contributed by atoms with E-state index in [1.165, 1.54) is 17.8 Å². The SMILES string of the molecule is COC1CCC2CSC(NC(=O)c3ccccc3)=NC2(c2ccccc2F)C1. The first-order chi connectivity index (χ1) is 13.6. The number of ether oxygens (including phenoxy) is 1. The highest BCUT2D eigenvalue weighted by Gasteiger charge is 2.49. The van der Waals surface area contributed by atoms with Crippen LogP contribution in [-0.4, -0.2) is 30.0 Å². The Morgan fingerprint density at radius 2 is 1.93 bits per heavy atom. The average molecular weight is 399 g/mol. The average Bonchev–Trinajstić information content (AvgIpc) is 2.74. The van der Waals surface area contributed by atoms with Crippen molar-refractivity contribution in [1.82, 2.24) is 5.32 Å². The maximum absolute atomic E-state index is 14.8. The predicted octanol–water partition coefficient (Wildman–Crippen LogP) is 4.37. The monoisotopic (exact) mass is 398 g/mol.